The highest BCUT2D eigenvalue weighted by Gasteiger charge is 2.22. The highest BCUT2D eigenvalue weighted by molar-refractivity contribution is 6.27. The molecular weight excluding hydrogens is 252 g/mol. The van der Waals surface area contributed by atoms with Gasteiger partial charge in [0.1, 0.15) is 17.8 Å². The predicted octanol–water partition coefficient (Wildman–Crippen LogP) is 0.841. The maximum Gasteiger partial charge on any atom is 0.237 e. The Balaban J connectivity index is 2.06. The van der Waals surface area contributed by atoms with Gasteiger partial charge in [0, 0.05) is 32.4 Å². The molecule has 0 aromatic carbocycles. The number of nitrogens with zero attached hydrogens (tertiary/aromatic N) is 4. The number of aromatic nitrogens is 1. The van der Waals surface area contributed by atoms with Crippen LogP contribution in [0.25, 0.3) is 0 Å². The smallest absolute Gasteiger partial charge is 0.237 e. The second-order valence-corrected chi connectivity index (χ2v) is 4.26. The van der Waals surface area contributed by atoms with Gasteiger partial charge in [0.2, 0.25) is 5.91 Å². The molecule has 0 aliphatic carbocycles. The summed E-state index contributed by atoms with van der Waals surface area (Å²) < 4.78 is 0. The van der Waals surface area contributed by atoms with E-state index in [1.54, 1.807) is 23.2 Å². The van der Waals surface area contributed by atoms with Crippen molar-refractivity contribution in [3.05, 3.63) is 23.9 Å². The Bertz CT molecular complexity index is 477. The van der Waals surface area contributed by atoms with Crippen LogP contribution in [0.1, 0.15) is 5.56 Å². The van der Waals surface area contributed by atoms with E-state index in [4.69, 9.17) is 16.9 Å². The number of halogens is 1. The number of anilines is 1. The Morgan fingerprint density at radius 1 is 1.44 bits per heavy atom. The standard InChI is InChI=1S/C12H13ClN4O/c13-8-11(18)16-4-6-17(7-5-16)12-10(9-14)2-1-3-15-12/h1-3H,4-8H2. The van der Waals surface area contributed by atoms with Gasteiger partial charge in [-0.3, -0.25) is 4.79 Å². The van der Waals surface area contributed by atoms with Crippen LogP contribution in [0.5, 0.6) is 0 Å². The summed E-state index contributed by atoms with van der Waals surface area (Å²) in [5.41, 5.74) is 0.564. The van der Waals surface area contributed by atoms with Crippen LogP contribution in [0, 0.1) is 11.3 Å². The Kier molecular flexibility index (Phi) is 4.00. The normalized spacial score (nSPS) is 15.3. The molecule has 2 heterocycles. The number of amides is 1. The lowest BCUT2D eigenvalue weighted by Crippen LogP contribution is -2.49. The van der Waals surface area contributed by atoms with Crippen LogP contribution in [-0.2, 0) is 4.79 Å². The van der Waals surface area contributed by atoms with Crippen molar-refractivity contribution in [2.24, 2.45) is 0 Å². The fourth-order valence-electron chi connectivity index (χ4n) is 1.99. The minimum atomic E-state index is -0.0437. The summed E-state index contributed by atoms with van der Waals surface area (Å²) in [5, 5.41) is 9.03. The molecule has 1 aliphatic rings. The molecule has 2 rings (SSSR count). The van der Waals surface area contributed by atoms with Gasteiger partial charge < -0.3 is 9.80 Å². The second kappa shape index (κ2) is 5.69. The Morgan fingerprint density at radius 3 is 2.78 bits per heavy atom. The molecule has 0 radical (unpaired) electrons. The highest BCUT2D eigenvalue weighted by Crippen LogP contribution is 2.17. The topological polar surface area (TPSA) is 60.2 Å². The van der Waals surface area contributed by atoms with Crippen molar-refractivity contribution in [3.8, 4) is 6.07 Å². The molecule has 0 saturated carbocycles. The Hall–Kier alpha value is -1.80. The molecule has 1 aliphatic heterocycles. The van der Waals surface area contributed by atoms with Gasteiger partial charge in [-0.2, -0.15) is 5.26 Å². The fraction of sp³-hybridized carbons (Fsp3) is 0.417. The van der Waals surface area contributed by atoms with Crippen LogP contribution in [0.4, 0.5) is 5.82 Å². The van der Waals surface area contributed by atoms with Crippen molar-refractivity contribution < 1.29 is 4.79 Å². The molecule has 1 aromatic heterocycles. The lowest BCUT2D eigenvalue weighted by Gasteiger charge is -2.35. The number of nitriles is 1. The van der Waals surface area contributed by atoms with Gasteiger partial charge in [0.05, 0.1) is 5.56 Å². The van der Waals surface area contributed by atoms with E-state index in [2.05, 4.69) is 11.1 Å². The molecule has 0 unspecified atom stereocenters. The molecule has 18 heavy (non-hydrogen) atoms. The van der Waals surface area contributed by atoms with E-state index in [1.165, 1.54) is 0 Å². The summed E-state index contributed by atoms with van der Waals surface area (Å²) in [6.45, 7) is 2.59. The molecule has 1 saturated heterocycles. The fourth-order valence-corrected chi connectivity index (χ4v) is 2.16. The van der Waals surface area contributed by atoms with Crippen molar-refractivity contribution in [2.45, 2.75) is 0 Å². The van der Waals surface area contributed by atoms with E-state index in [9.17, 15) is 4.79 Å². The monoisotopic (exact) mass is 264 g/mol. The van der Waals surface area contributed by atoms with Gasteiger partial charge >= 0.3 is 0 Å². The molecule has 1 amide bonds. The molecule has 1 fully saturated rings. The number of alkyl halides is 1. The number of carbonyl (C=O) groups is 1. The van der Waals surface area contributed by atoms with E-state index in [-0.39, 0.29) is 11.8 Å². The summed E-state index contributed by atoms with van der Waals surface area (Å²) >= 11 is 5.53. The molecule has 6 heteroatoms. The number of hydrogen-bond acceptors (Lipinski definition) is 4. The number of piperazine rings is 1. The zero-order chi connectivity index (χ0) is 13.0. The van der Waals surface area contributed by atoms with Gasteiger partial charge in [0.25, 0.3) is 0 Å². The molecule has 0 N–H and O–H groups in total. The third-order valence-corrected chi connectivity index (χ3v) is 3.18. The third kappa shape index (κ3) is 2.54. The van der Waals surface area contributed by atoms with Gasteiger partial charge in [-0.15, -0.1) is 11.6 Å². The second-order valence-electron chi connectivity index (χ2n) is 3.99. The first-order valence-corrected chi connectivity index (χ1v) is 6.23. The minimum absolute atomic E-state index is 0.0209. The molecule has 94 valence electrons. The van der Waals surface area contributed by atoms with E-state index in [1.807, 2.05) is 4.90 Å². The van der Waals surface area contributed by atoms with Crippen LogP contribution in [-0.4, -0.2) is 47.9 Å². The first kappa shape index (κ1) is 12.7. The van der Waals surface area contributed by atoms with Crippen molar-refractivity contribution in [1.29, 1.82) is 5.26 Å². The summed E-state index contributed by atoms with van der Waals surface area (Å²) in [6.07, 6.45) is 1.67. The molecule has 1 aromatic rings. The average Bonchev–Trinajstić information content (AvgIpc) is 2.46. The maximum absolute atomic E-state index is 11.4. The Labute approximate surface area is 111 Å². The summed E-state index contributed by atoms with van der Waals surface area (Å²) in [4.78, 5) is 19.4. The molecule has 0 bridgehead atoms. The molecule has 0 atom stereocenters. The van der Waals surface area contributed by atoms with Crippen molar-refractivity contribution >= 4 is 23.3 Å². The van der Waals surface area contributed by atoms with Gasteiger partial charge in [-0.1, -0.05) is 0 Å². The summed E-state index contributed by atoms with van der Waals surface area (Å²) in [6, 6.07) is 5.63. The number of carbonyl (C=O) groups excluding carboxylic acids is 1. The van der Waals surface area contributed by atoms with Crippen LogP contribution in [0.15, 0.2) is 18.3 Å². The van der Waals surface area contributed by atoms with Gasteiger partial charge in [-0.25, -0.2) is 4.98 Å². The molecular formula is C12H13ClN4O. The number of pyridine rings is 1. The van der Waals surface area contributed by atoms with Crippen molar-refractivity contribution in [1.82, 2.24) is 9.88 Å². The van der Waals surface area contributed by atoms with Gasteiger partial charge in [0.15, 0.2) is 0 Å². The van der Waals surface area contributed by atoms with Crippen LogP contribution in [0.2, 0.25) is 0 Å². The average molecular weight is 265 g/mol. The maximum atomic E-state index is 11.4. The quantitative estimate of drug-likeness (QED) is 0.743. The van der Waals surface area contributed by atoms with Crippen LogP contribution < -0.4 is 4.90 Å². The number of hydrogen-bond donors (Lipinski definition) is 0. The van der Waals surface area contributed by atoms with Crippen LogP contribution >= 0.6 is 11.6 Å². The number of rotatable bonds is 2. The third-order valence-electron chi connectivity index (χ3n) is 2.95. The molecule has 0 spiro atoms. The zero-order valence-electron chi connectivity index (χ0n) is 9.84. The first-order valence-electron chi connectivity index (χ1n) is 5.70. The van der Waals surface area contributed by atoms with E-state index < -0.39 is 0 Å². The largest absolute Gasteiger partial charge is 0.352 e. The van der Waals surface area contributed by atoms with E-state index in [0.717, 1.165) is 0 Å². The first-order chi connectivity index (χ1) is 8.76. The highest BCUT2D eigenvalue weighted by atomic mass is 35.5. The van der Waals surface area contributed by atoms with Crippen LogP contribution in [0.3, 0.4) is 0 Å². The molecule has 5 nitrogen and oxygen atoms in total. The van der Waals surface area contributed by atoms with Crippen molar-refractivity contribution in [2.75, 3.05) is 37.0 Å². The lowest BCUT2D eigenvalue weighted by atomic mass is 10.2. The minimum Gasteiger partial charge on any atom is -0.352 e. The summed E-state index contributed by atoms with van der Waals surface area (Å²) in [5.74, 6) is 0.670. The zero-order valence-corrected chi connectivity index (χ0v) is 10.6. The lowest BCUT2D eigenvalue weighted by molar-refractivity contribution is -0.128. The van der Waals surface area contributed by atoms with Gasteiger partial charge in [-0.05, 0) is 12.1 Å². The van der Waals surface area contributed by atoms with E-state index >= 15 is 0 Å². The SMILES string of the molecule is N#Cc1cccnc1N1CCN(C(=O)CCl)CC1. The predicted molar refractivity (Wildman–Crippen MR) is 68.5 cm³/mol. The van der Waals surface area contributed by atoms with Crippen molar-refractivity contribution in [3.63, 3.8) is 0 Å². The Morgan fingerprint density at radius 2 is 2.17 bits per heavy atom. The van der Waals surface area contributed by atoms with E-state index in [0.29, 0.717) is 37.6 Å². The summed E-state index contributed by atoms with van der Waals surface area (Å²) in [7, 11) is 0.